The Kier molecular flexibility index (Phi) is 5.08. The van der Waals surface area contributed by atoms with E-state index in [1.807, 2.05) is 24.3 Å². The van der Waals surface area contributed by atoms with Crippen LogP contribution in [0.3, 0.4) is 0 Å². The van der Waals surface area contributed by atoms with Crippen molar-refractivity contribution in [2.45, 2.75) is 0 Å². The van der Waals surface area contributed by atoms with Crippen LogP contribution < -0.4 is 16.4 Å². The molecular weight excluding hydrogens is 413 g/mol. The molecule has 5 nitrogen and oxygen atoms in total. The van der Waals surface area contributed by atoms with Crippen LogP contribution in [0.4, 0.5) is 28.7 Å². The molecule has 0 aliphatic heterocycles. The fourth-order valence-electron chi connectivity index (χ4n) is 2.06. The summed E-state index contributed by atoms with van der Waals surface area (Å²) in [5.41, 5.74) is 8.09. The van der Waals surface area contributed by atoms with Crippen molar-refractivity contribution in [2.24, 2.45) is 0 Å². The fraction of sp³-hybridized carbons (Fsp3) is 0. The third kappa shape index (κ3) is 4.08. The van der Waals surface area contributed by atoms with E-state index in [1.54, 1.807) is 18.2 Å². The number of rotatable bonds is 4. The molecular formula is C16H12BrCl2N5. The summed E-state index contributed by atoms with van der Waals surface area (Å²) < 4.78 is 0.951. The van der Waals surface area contributed by atoms with Gasteiger partial charge in [-0.1, -0.05) is 45.2 Å². The van der Waals surface area contributed by atoms with Gasteiger partial charge in [-0.2, -0.15) is 0 Å². The molecule has 0 saturated heterocycles. The van der Waals surface area contributed by atoms with Crippen molar-refractivity contribution >= 4 is 67.8 Å². The van der Waals surface area contributed by atoms with Gasteiger partial charge in [0.05, 0.1) is 0 Å². The minimum absolute atomic E-state index is 0.383. The van der Waals surface area contributed by atoms with Crippen molar-refractivity contribution in [3.63, 3.8) is 0 Å². The Morgan fingerprint density at radius 1 is 0.875 bits per heavy atom. The van der Waals surface area contributed by atoms with Crippen molar-refractivity contribution in [3.8, 4) is 0 Å². The first-order valence-corrected chi connectivity index (χ1v) is 8.42. The maximum Gasteiger partial charge on any atom is 0.159 e. The zero-order valence-corrected chi connectivity index (χ0v) is 15.3. The van der Waals surface area contributed by atoms with Crippen molar-refractivity contribution in [2.75, 3.05) is 16.4 Å². The van der Waals surface area contributed by atoms with Crippen LogP contribution in [-0.2, 0) is 0 Å². The summed E-state index contributed by atoms with van der Waals surface area (Å²) >= 11 is 15.4. The molecule has 0 aliphatic rings. The van der Waals surface area contributed by atoms with Crippen molar-refractivity contribution < 1.29 is 0 Å². The number of benzene rings is 2. The van der Waals surface area contributed by atoms with E-state index in [1.165, 1.54) is 6.33 Å². The van der Waals surface area contributed by atoms with Crippen molar-refractivity contribution in [3.05, 3.63) is 63.3 Å². The highest BCUT2D eigenvalue weighted by molar-refractivity contribution is 9.10. The molecule has 0 spiro atoms. The summed E-state index contributed by atoms with van der Waals surface area (Å²) in [4.78, 5) is 8.36. The number of nitrogens with two attached hydrogens (primary N) is 1. The zero-order valence-electron chi connectivity index (χ0n) is 12.2. The van der Waals surface area contributed by atoms with Crippen LogP contribution in [0.15, 0.2) is 53.3 Å². The Balaban J connectivity index is 1.88. The third-order valence-corrected chi connectivity index (χ3v) is 4.03. The summed E-state index contributed by atoms with van der Waals surface area (Å²) in [5.74, 6) is 0.958. The molecule has 0 unspecified atom stereocenters. The average Bonchev–Trinajstić information content (AvgIpc) is 2.50. The number of aromatic nitrogens is 2. The molecule has 0 amide bonds. The zero-order chi connectivity index (χ0) is 17.1. The molecule has 1 heterocycles. The Bertz CT molecular complexity index is 868. The van der Waals surface area contributed by atoms with Gasteiger partial charge in [0.1, 0.15) is 12.0 Å². The lowest BCUT2D eigenvalue weighted by atomic mass is 10.3. The highest BCUT2D eigenvalue weighted by Crippen LogP contribution is 2.30. The van der Waals surface area contributed by atoms with Crippen LogP contribution in [0.25, 0.3) is 0 Å². The van der Waals surface area contributed by atoms with Crippen molar-refractivity contribution in [1.82, 2.24) is 9.97 Å². The molecule has 0 saturated carbocycles. The maximum atomic E-state index is 6.17. The molecule has 0 radical (unpaired) electrons. The molecule has 2 aromatic carbocycles. The van der Waals surface area contributed by atoms with E-state index in [-0.39, 0.29) is 0 Å². The second kappa shape index (κ2) is 7.25. The first-order chi connectivity index (χ1) is 11.5. The summed E-state index contributed by atoms with van der Waals surface area (Å²) in [5, 5.41) is 7.30. The van der Waals surface area contributed by atoms with Gasteiger partial charge in [-0.25, -0.2) is 9.97 Å². The Hall–Kier alpha value is -2.02. The highest BCUT2D eigenvalue weighted by Gasteiger charge is 2.09. The van der Waals surface area contributed by atoms with E-state index in [9.17, 15) is 0 Å². The summed E-state index contributed by atoms with van der Waals surface area (Å²) in [6.45, 7) is 0. The van der Waals surface area contributed by atoms with E-state index >= 15 is 0 Å². The predicted octanol–water partition coefficient (Wildman–Crippen LogP) is 5.62. The van der Waals surface area contributed by atoms with Gasteiger partial charge in [0.2, 0.25) is 0 Å². The first kappa shape index (κ1) is 16.8. The minimum atomic E-state index is 0.383. The average molecular weight is 425 g/mol. The van der Waals surface area contributed by atoms with Crippen LogP contribution in [0, 0.1) is 0 Å². The molecule has 3 aromatic rings. The quantitative estimate of drug-likeness (QED) is 0.507. The van der Waals surface area contributed by atoms with Gasteiger partial charge in [0.15, 0.2) is 11.6 Å². The van der Waals surface area contributed by atoms with E-state index in [0.29, 0.717) is 33.1 Å². The standard InChI is InChI=1S/C16H12BrCl2N5/c17-9-2-1-3-12(4-9)23-15-14(20)16(22-8-21-15)24-13-6-10(18)5-11(19)7-13/h1-8H,20H2,(H2,21,22,23,24). The Morgan fingerprint density at radius 3 is 2.12 bits per heavy atom. The number of hydrogen-bond donors (Lipinski definition) is 3. The molecule has 8 heteroatoms. The lowest BCUT2D eigenvalue weighted by Gasteiger charge is -2.13. The number of nitrogens with one attached hydrogen (secondary N) is 2. The molecule has 122 valence electrons. The molecule has 24 heavy (non-hydrogen) atoms. The molecule has 0 bridgehead atoms. The second-order valence-corrected chi connectivity index (χ2v) is 6.69. The monoisotopic (exact) mass is 423 g/mol. The number of hydrogen-bond acceptors (Lipinski definition) is 5. The van der Waals surface area contributed by atoms with Gasteiger partial charge in [-0.15, -0.1) is 0 Å². The normalized spacial score (nSPS) is 10.5. The lowest BCUT2D eigenvalue weighted by molar-refractivity contribution is 1.17. The maximum absolute atomic E-state index is 6.17. The largest absolute Gasteiger partial charge is 0.393 e. The van der Waals surface area contributed by atoms with Gasteiger partial charge < -0.3 is 16.4 Å². The second-order valence-electron chi connectivity index (χ2n) is 4.90. The van der Waals surface area contributed by atoms with Gasteiger partial charge in [-0.3, -0.25) is 0 Å². The lowest BCUT2D eigenvalue weighted by Crippen LogP contribution is -2.05. The third-order valence-electron chi connectivity index (χ3n) is 3.10. The number of anilines is 5. The first-order valence-electron chi connectivity index (χ1n) is 6.87. The molecule has 1 aromatic heterocycles. The van der Waals surface area contributed by atoms with E-state index in [2.05, 4.69) is 36.5 Å². The van der Waals surface area contributed by atoms with Gasteiger partial charge in [0.25, 0.3) is 0 Å². The smallest absolute Gasteiger partial charge is 0.159 e. The van der Waals surface area contributed by atoms with E-state index in [0.717, 1.165) is 10.2 Å². The topological polar surface area (TPSA) is 75.9 Å². The molecule has 3 rings (SSSR count). The molecule has 0 fully saturated rings. The summed E-state index contributed by atoms with van der Waals surface area (Å²) in [7, 11) is 0. The molecule has 4 N–H and O–H groups in total. The van der Waals surface area contributed by atoms with E-state index in [4.69, 9.17) is 28.9 Å². The number of nitrogens with zero attached hydrogens (tertiary/aromatic N) is 2. The van der Waals surface area contributed by atoms with Crippen molar-refractivity contribution in [1.29, 1.82) is 0 Å². The van der Waals surface area contributed by atoms with Crippen LogP contribution in [0.2, 0.25) is 10.0 Å². The van der Waals surface area contributed by atoms with Crippen LogP contribution >= 0.6 is 39.1 Å². The SMILES string of the molecule is Nc1c(Nc2cc(Cl)cc(Cl)c2)ncnc1Nc1cccc(Br)c1. The number of nitrogen functional groups attached to an aromatic ring is 1. The van der Waals surface area contributed by atoms with Crippen LogP contribution in [0.5, 0.6) is 0 Å². The Morgan fingerprint density at radius 2 is 1.50 bits per heavy atom. The van der Waals surface area contributed by atoms with E-state index < -0.39 is 0 Å². The fourth-order valence-corrected chi connectivity index (χ4v) is 2.99. The molecule has 0 atom stereocenters. The van der Waals surface area contributed by atoms with Gasteiger partial charge in [-0.05, 0) is 36.4 Å². The predicted molar refractivity (Wildman–Crippen MR) is 104 cm³/mol. The van der Waals surface area contributed by atoms with Gasteiger partial charge in [0, 0.05) is 25.9 Å². The molecule has 0 aliphatic carbocycles. The van der Waals surface area contributed by atoms with Gasteiger partial charge >= 0.3 is 0 Å². The summed E-state index contributed by atoms with van der Waals surface area (Å²) in [6, 6.07) is 12.8. The number of halogens is 3. The van der Waals surface area contributed by atoms with Crippen LogP contribution in [-0.4, -0.2) is 9.97 Å². The minimum Gasteiger partial charge on any atom is -0.393 e. The highest BCUT2D eigenvalue weighted by atomic mass is 79.9. The summed E-state index contributed by atoms with van der Waals surface area (Å²) in [6.07, 6.45) is 1.42. The Labute approximate surface area is 157 Å². The van der Waals surface area contributed by atoms with Crippen LogP contribution in [0.1, 0.15) is 0 Å².